The van der Waals surface area contributed by atoms with Gasteiger partial charge in [0.1, 0.15) is 0 Å². The van der Waals surface area contributed by atoms with E-state index < -0.39 is 0 Å². The molecule has 4 rings (SSSR count). The first kappa shape index (κ1) is 22.1. The molecule has 158 valence electrons. The number of aromatic nitrogens is 2. The second kappa shape index (κ2) is 9.04. The van der Waals surface area contributed by atoms with Gasteiger partial charge in [-0.05, 0) is 44.0 Å². The van der Waals surface area contributed by atoms with Crippen molar-refractivity contribution in [3.05, 3.63) is 48.3 Å². The molecule has 6 nitrogen and oxygen atoms in total. The van der Waals surface area contributed by atoms with Crippen LogP contribution >= 0.6 is 24.0 Å². The average molecular weight is 509 g/mol. The van der Waals surface area contributed by atoms with Crippen LogP contribution in [0, 0.1) is 11.3 Å². The number of nitrogens with one attached hydrogen (secondary N) is 2. The Morgan fingerprint density at radius 1 is 1.38 bits per heavy atom. The Balaban J connectivity index is 0.00000240. The summed E-state index contributed by atoms with van der Waals surface area (Å²) in [6.45, 7) is 10.4. The van der Waals surface area contributed by atoms with Crippen LogP contribution in [0.5, 0.6) is 0 Å². The molecule has 0 amide bonds. The minimum absolute atomic E-state index is 0. The van der Waals surface area contributed by atoms with Crippen molar-refractivity contribution in [3.8, 4) is 5.69 Å². The van der Waals surface area contributed by atoms with Crippen LogP contribution in [-0.2, 0) is 4.74 Å². The van der Waals surface area contributed by atoms with Crippen molar-refractivity contribution in [2.75, 3.05) is 13.2 Å². The maximum Gasteiger partial charge on any atom is 0.191 e. The summed E-state index contributed by atoms with van der Waals surface area (Å²) >= 11 is 0. The Bertz CT molecular complexity index is 835. The predicted molar refractivity (Wildman–Crippen MR) is 127 cm³/mol. The van der Waals surface area contributed by atoms with E-state index in [4.69, 9.17) is 9.73 Å². The number of aliphatic imine (C=N–C) groups is 1. The summed E-state index contributed by atoms with van der Waals surface area (Å²) in [6, 6.07) is 10.9. The van der Waals surface area contributed by atoms with Gasteiger partial charge >= 0.3 is 0 Å². The van der Waals surface area contributed by atoms with Crippen molar-refractivity contribution in [2.24, 2.45) is 16.3 Å². The molecule has 1 saturated heterocycles. The average Bonchev–Trinajstić information content (AvgIpc) is 3.37. The molecule has 1 aliphatic heterocycles. The topological polar surface area (TPSA) is 63.5 Å². The Morgan fingerprint density at radius 2 is 2.21 bits per heavy atom. The second-order valence-electron chi connectivity index (χ2n) is 8.42. The van der Waals surface area contributed by atoms with E-state index in [0.29, 0.717) is 18.1 Å². The van der Waals surface area contributed by atoms with Crippen LogP contribution in [0.4, 0.5) is 0 Å². The van der Waals surface area contributed by atoms with E-state index in [1.54, 1.807) is 6.20 Å². The fourth-order valence-electron chi connectivity index (χ4n) is 4.70. The van der Waals surface area contributed by atoms with E-state index in [-0.39, 0.29) is 35.4 Å². The number of ether oxygens (including phenoxy) is 1. The molecule has 4 atom stereocenters. The lowest BCUT2D eigenvalue weighted by molar-refractivity contribution is -0.106. The van der Waals surface area contributed by atoms with Gasteiger partial charge in [-0.25, -0.2) is 4.68 Å². The highest BCUT2D eigenvalue weighted by molar-refractivity contribution is 14.0. The Kier molecular flexibility index (Phi) is 6.88. The number of fused-ring (bicyclic) bond motifs is 1. The van der Waals surface area contributed by atoms with E-state index in [1.807, 2.05) is 16.9 Å². The summed E-state index contributed by atoms with van der Waals surface area (Å²) in [5.74, 6) is 1.46. The number of rotatable bonds is 5. The number of benzene rings is 1. The minimum atomic E-state index is 0. The zero-order chi connectivity index (χ0) is 19.7. The highest BCUT2D eigenvalue weighted by atomic mass is 127. The molecular formula is C22H32IN5O. The number of nitrogens with zero attached hydrogens (tertiary/aromatic N) is 3. The minimum Gasteiger partial charge on any atom is -0.377 e. The zero-order valence-corrected chi connectivity index (χ0v) is 20.0. The second-order valence-corrected chi connectivity index (χ2v) is 8.42. The smallest absolute Gasteiger partial charge is 0.191 e. The van der Waals surface area contributed by atoms with Crippen LogP contribution in [0.2, 0.25) is 0 Å². The maximum absolute atomic E-state index is 5.93. The van der Waals surface area contributed by atoms with Gasteiger partial charge in [0.15, 0.2) is 5.96 Å². The third-order valence-corrected chi connectivity index (χ3v) is 6.20. The van der Waals surface area contributed by atoms with Gasteiger partial charge in [0, 0.05) is 42.9 Å². The van der Waals surface area contributed by atoms with E-state index in [9.17, 15) is 0 Å². The van der Waals surface area contributed by atoms with Crippen LogP contribution in [0.25, 0.3) is 5.69 Å². The molecule has 2 aromatic rings. The van der Waals surface area contributed by atoms with Crippen LogP contribution in [0.1, 0.15) is 45.7 Å². The van der Waals surface area contributed by atoms with Crippen molar-refractivity contribution in [1.29, 1.82) is 0 Å². The van der Waals surface area contributed by atoms with Crippen LogP contribution in [0.3, 0.4) is 0 Å². The molecule has 0 bridgehead atoms. The monoisotopic (exact) mass is 509 g/mol. The molecular weight excluding hydrogens is 477 g/mol. The fourth-order valence-corrected chi connectivity index (χ4v) is 4.70. The lowest BCUT2D eigenvalue weighted by Crippen LogP contribution is -2.68. The summed E-state index contributed by atoms with van der Waals surface area (Å²) in [4.78, 5) is 4.70. The fraction of sp³-hybridized carbons (Fsp3) is 0.545. The van der Waals surface area contributed by atoms with Gasteiger partial charge in [-0.2, -0.15) is 5.10 Å². The molecule has 7 heteroatoms. The van der Waals surface area contributed by atoms with Gasteiger partial charge in [-0.3, -0.25) is 4.99 Å². The van der Waals surface area contributed by atoms with Gasteiger partial charge in [0.2, 0.25) is 0 Å². The first-order valence-electron chi connectivity index (χ1n) is 10.3. The Hall–Kier alpha value is -1.61. The Morgan fingerprint density at radius 3 is 2.93 bits per heavy atom. The molecule has 4 unspecified atom stereocenters. The maximum atomic E-state index is 5.93. The van der Waals surface area contributed by atoms with Crippen molar-refractivity contribution in [1.82, 2.24) is 20.4 Å². The summed E-state index contributed by atoms with van der Waals surface area (Å²) in [6.07, 6.45) is 5.26. The molecule has 2 heterocycles. The number of hydrogen-bond acceptors (Lipinski definition) is 3. The van der Waals surface area contributed by atoms with Crippen LogP contribution in [0.15, 0.2) is 47.7 Å². The highest BCUT2D eigenvalue weighted by Gasteiger charge is 2.59. The summed E-state index contributed by atoms with van der Waals surface area (Å²) in [7, 11) is 0. The van der Waals surface area contributed by atoms with Gasteiger partial charge in [-0.1, -0.05) is 26.0 Å². The van der Waals surface area contributed by atoms with Gasteiger partial charge < -0.3 is 15.4 Å². The van der Waals surface area contributed by atoms with Gasteiger partial charge in [-0.15, -0.1) is 24.0 Å². The molecule has 0 spiro atoms. The molecule has 2 fully saturated rings. The van der Waals surface area contributed by atoms with Crippen molar-refractivity contribution in [3.63, 3.8) is 0 Å². The third-order valence-electron chi connectivity index (χ3n) is 6.20. The summed E-state index contributed by atoms with van der Waals surface area (Å²) in [5, 5.41) is 11.6. The first-order chi connectivity index (χ1) is 13.5. The van der Waals surface area contributed by atoms with E-state index in [1.165, 1.54) is 5.56 Å². The quantitative estimate of drug-likeness (QED) is 0.365. The normalized spacial score (nSPS) is 26.1. The molecule has 1 aromatic heterocycles. The van der Waals surface area contributed by atoms with Crippen LogP contribution in [-0.4, -0.2) is 41.0 Å². The number of guanidine groups is 1. The molecule has 1 saturated carbocycles. The molecule has 2 N–H and O–H groups in total. The third kappa shape index (κ3) is 4.30. The highest BCUT2D eigenvalue weighted by Crippen LogP contribution is 2.52. The van der Waals surface area contributed by atoms with Crippen molar-refractivity contribution >= 4 is 29.9 Å². The van der Waals surface area contributed by atoms with E-state index in [0.717, 1.165) is 31.2 Å². The van der Waals surface area contributed by atoms with Gasteiger partial charge in [0.05, 0.1) is 17.8 Å². The zero-order valence-electron chi connectivity index (χ0n) is 17.6. The predicted octanol–water partition coefficient (Wildman–Crippen LogP) is 3.92. The SMILES string of the molecule is CCN=C(NC(C)c1cccc(-n2cccn2)c1)NC1C2CCOC2C1(C)C.I. The lowest BCUT2D eigenvalue weighted by Gasteiger charge is -2.55. The number of hydrogen-bond donors (Lipinski definition) is 2. The van der Waals surface area contributed by atoms with E-state index >= 15 is 0 Å². The van der Waals surface area contributed by atoms with Crippen molar-refractivity contribution in [2.45, 2.75) is 52.3 Å². The van der Waals surface area contributed by atoms with E-state index in [2.05, 4.69) is 67.7 Å². The van der Waals surface area contributed by atoms with Gasteiger partial charge in [0.25, 0.3) is 0 Å². The molecule has 1 aromatic carbocycles. The van der Waals surface area contributed by atoms with Crippen molar-refractivity contribution < 1.29 is 4.74 Å². The first-order valence-corrected chi connectivity index (χ1v) is 10.3. The number of halogens is 1. The van der Waals surface area contributed by atoms with Crippen LogP contribution < -0.4 is 10.6 Å². The summed E-state index contributed by atoms with van der Waals surface area (Å²) in [5.41, 5.74) is 2.39. The molecule has 0 radical (unpaired) electrons. The summed E-state index contributed by atoms with van der Waals surface area (Å²) < 4.78 is 7.81. The molecule has 2 aliphatic rings. The Labute approximate surface area is 190 Å². The largest absolute Gasteiger partial charge is 0.377 e. The lowest BCUT2D eigenvalue weighted by atomic mass is 9.57. The standard InChI is InChI=1S/C22H31N5O.HI/c1-5-23-21(26-19-18-10-13-28-20(18)22(19,3)4)25-15(2)16-8-6-9-17(14-16)27-12-7-11-24-27;/h6-9,11-12,14-15,18-20H,5,10,13H2,1-4H3,(H2,23,25,26);1H. The molecule has 1 aliphatic carbocycles. The molecule has 29 heavy (non-hydrogen) atoms.